The van der Waals surface area contributed by atoms with E-state index in [0.29, 0.717) is 6.54 Å². The number of piperidine rings is 1. The van der Waals surface area contributed by atoms with Crippen LogP contribution in [0.1, 0.15) is 24.1 Å². The van der Waals surface area contributed by atoms with Gasteiger partial charge in [-0.05, 0) is 44.1 Å². The number of methoxy groups -OCH3 is 2. The van der Waals surface area contributed by atoms with Gasteiger partial charge >= 0.3 is 0 Å². The highest BCUT2D eigenvalue weighted by Gasteiger charge is 2.25. The summed E-state index contributed by atoms with van der Waals surface area (Å²) in [4.78, 5) is 19.0. The topological polar surface area (TPSA) is 63.7 Å². The highest BCUT2D eigenvalue weighted by atomic mass is 16.5. The van der Waals surface area contributed by atoms with E-state index in [1.807, 2.05) is 36.4 Å². The Bertz CT molecular complexity index is 744. The lowest BCUT2D eigenvalue weighted by Crippen LogP contribution is -2.40. The third-order valence-electron chi connectivity index (χ3n) is 5.02. The van der Waals surface area contributed by atoms with E-state index in [2.05, 4.69) is 15.2 Å². The monoisotopic (exact) mass is 369 g/mol. The Labute approximate surface area is 160 Å². The van der Waals surface area contributed by atoms with Crippen molar-refractivity contribution in [3.8, 4) is 11.5 Å². The minimum atomic E-state index is 0.0720. The quantitative estimate of drug-likeness (QED) is 0.813. The number of aromatic nitrogens is 1. The van der Waals surface area contributed by atoms with E-state index in [4.69, 9.17) is 9.47 Å². The Balaban J connectivity index is 1.48. The van der Waals surface area contributed by atoms with E-state index in [0.717, 1.165) is 55.2 Å². The second-order valence-electron chi connectivity index (χ2n) is 6.77. The van der Waals surface area contributed by atoms with Gasteiger partial charge in [0.1, 0.15) is 11.5 Å². The minimum Gasteiger partial charge on any atom is -0.497 e. The van der Waals surface area contributed by atoms with Gasteiger partial charge in [0.2, 0.25) is 5.91 Å². The van der Waals surface area contributed by atoms with E-state index in [1.165, 1.54) is 0 Å². The summed E-state index contributed by atoms with van der Waals surface area (Å²) in [5.41, 5.74) is 2.02. The van der Waals surface area contributed by atoms with Crippen LogP contribution in [0.2, 0.25) is 0 Å². The number of pyridine rings is 1. The summed E-state index contributed by atoms with van der Waals surface area (Å²) in [7, 11) is 3.33. The smallest absolute Gasteiger partial charge is 0.223 e. The molecule has 0 spiro atoms. The largest absolute Gasteiger partial charge is 0.497 e. The molecule has 0 atom stereocenters. The van der Waals surface area contributed by atoms with Crippen molar-refractivity contribution in [3.05, 3.63) is 53.9 Å². The highest BCUT2D eigenvalue weighted by molar-refractivity contribution is 5.78. The molecule has 1 aliphatic heterocycles. The summed E-state index contributed by atoms with van der Waals surface area (Å²) in [6, 6.07) is 11.6. The van der Waals surface area contributed by atoms with E-state index in [1.54, 1.807) is 20.4 Å². The number of carbonyl (C=O) groups is 1. The number of benzene rings is 1. The Kier molecular flexibility index (Phi) is 6.65. The zero-order chi connectivity index (χ0) is 19.1. The molecular weight excluding hydrogens is 342 g/mol. The van der Waals surface area contributed by atoms with E-state index >= 15 is 0 Å². The predicted octanol–water partition coefficient (Wildman–Crippen LogP) is 2.63. The first-order valence-electron chi connectivity index (χ1n) is 9.30. The van der Waals surface area contributed by atoms with Crippen molar-refractivity contribution in [2.45, 2.75) is 25.9 Å². The molecule has 1 N–H and O–H groups in total. The fraction of sp³-hybridized carbons (Fsp3) is 0.429. The second kappa shape index (κ2) is 9.37. The summed E-state index contributed by atoms with van der Waals surface area (Å²) in [6.07, 6.45) is 3.48. The molecule has 0 unspecified atom stereocenters. The van der Waals surface area contributed by atoms with Gasteiger partial charge in [-0.2, -0.15) is 0 Å². The van der Waals surface area contributed by atoms with Gasteiger partial charge in [-0.3, -0.25) is 14.7 Å². The summed E-state index contributed by atoms with van der Waals surface area (Å²) >= 11 is 0. The van der Waals surface area contributed by atoms with Crippen molar-refractivity contribution in [1.82, 2.24) is 15.2 Å². The normalized spacial score (nSPS) is 15.3. The summed E-state index contributed by atoms with van der Waals surface area (Å²) in [5, 5.41) is 3.01. The Morgan fingerprint density at radius 3 is 2.67 bits per heavy atom. The number of amides is 1. The number of rotatable bonds is 7. The number of hydrogen-bond donors (Lipinski definition) is 1. The number of likely N-dealkylation sites (tertiary alicyclic amines) is 1. The number of ether oxygens (including phenoxy) is 2. The third-order valence-corrected chi connectivity index (χ3v) is 5.02. The van der Waals surface area contributed by atoms with Gasteiger partial charge in [0.25, 0.3) is 0 Å². The van der Waals surface area contributed by atoms with Crippen molar-refractivity contribution >= 4 is 5.91 Å². The molecule has 3 rings (SSSR count). The van der Waals surface area contributed by atoms with Crippen LogP contribution in [0.3, 0.4) is 0 Å². The number of nitrogens with one attached hydrogen (secondary N) is 1. The average molecular weight is 369 g/mol. The minimum absolute atomic E-state index is 0.0720. The molecule has 0 saturated carbocycles. The maximum atomic E-state index is 12.4. The van der Waals surface area contributed by atoms with Crippen LogP contribution in [0.4, 0.5) is 0 Å². The first-order valence-corrected chi connectivity index (χ1v) is 9.30. The molecule has 1 aromatic carbocycles. The zero-order valence-corrected chi connectivity index (χ0v) is 16.0. The Morgan fingerprint density at radius 1 is 1.19 bits per heavy atom. The van der Waals surface area contributed by atoms with Crippen molar-refractivity contribution < 1.29 is 14.3 Å². The van der Waals surface area contributed by atoms with Crippen LogP contribution in [0.5, 0.6) is 11.5 Å². The molecule has 1 fully saturated rings. The first-order chi connectivity index (χ1) is 13.2. The van der Waals surface area contributed by atoms with Gasteiger partial charge < -0.3 is 14.8 Å². The molecule has 2 aromatic rings. The van der Waals surface area contributed by atoms with Gasteiger partial charge in [0.15, 0.2) is 0 Å². The molecule has 0 aliphatic carbocycles. The highest BCUT2D eigenvalue weighted by Crippen LogP contribution is 2.27. The van der Waals surface area contributed by atoms with Crippen LogP contribution in [0.15, 0.2) is 42.6 Å². The molecular formula is C21H27N3O3. The molecule has 2 heterocycles. The molecule has 1 aromatic heterocycles. The molecule has 0 bridgehead atoms. The lowest BCUT2D eigenvalue weighted by molar-refractivity contribution is -0.126. The molecule has 1 amide bonds. The lowest BCUT2D eigenvalue weighted by Gasteiger charge is -2.31. The maximum absolute atomic E-state index is 12.4. The van der Waals surface area contributed by atoms with Crippen LogP contribution in [-0.2, 0) is 17.9 Å². The molecule has 6 nitrogen and oxygen atoms in total. The van der Waals surface area contributed by atoms with E-state index < -0.39 is 0 Å². The van der Waals surface area contributed by atoms with Crippen molar-refractivity contribution in [2.24, 2.45) is 5.92 Å². The number of carbonyl (C=O) groups excluding carboxylic acids is 1. The molecule has 0 radical (unpaired) electrons. The fourth-order valence-electron chi connectivity index (χ4n) is 3.40. The number of nitrogens with zero attached hydrogens (tertiary/aromatic N) is 2. The van der Waals surface area contributed by atoms with Gasteiger partial charge in [-0.15, -0.1) is 0 Å². The SMILES string of the molecule is COc1ccc(CN2CCC(C(=O)NCc3ccccn3)CC2)c(OC)c1. The Morgan fingerprint density at radius 2 is 2.00 bits per heavy atom. The van der Waals surface area contributed by atoms with Gasteiger partial charge in [-0.25, -0.2) is 0 Å². The molecule has 144 valence electrons. The summed E-state index contributed by atoms with van der Waals surface area (Å²) < 4.78 is 10.7. The van der Waals surface area contributed by atoms with Crippen LogP contribution in [-0.4, -0.2) is 43.1 Å². The van der Waals surface area contributed by atoms with Crippen molar-refractivity contribution in [1.29, 1.82) is 0 Å². The van der Waals surface area contributed by atoms with E-state index in [9.17, 15) is 4.79 Å². The fourth-order valence-corrected chi connectivity index (χ4v) is 3.40. The zero-order valence-electron chi connectivity index (χ0n) is 16.0. The standard InChI is InChI=1S/C21H27N3O3/c1-26-19-7-6-17(20(13-19)27-2)15-24-11-8-16(9-12-24)21(25)23-14-18-5-3-4-10-22-18/h3-7,10,13,16H,8-9,11-12,14-15H2,1-2H3,(H,23,25). The molecule has 27 heavy (non-hydrogen) atoms. The van der Waals surface area contributed by atoms with Crippen LogP contribution in [0, 0.1) is 5.92 Å². The molecule has 6 heteroatoms. The van der Waals surface area contributed by atoms with Crippen molar-refractivity contribution in [2.75, 3.05) is 27.3 Å². The van der Waals surface area contributed by atoms with E-state index in [-0.39, 0.29) is 11.8 Å². The second-order valence-corrected chi connectivity index (χ2v) is 6.77. The van der Waals surface area contributed by atoms with Gasteiger partial charge in [0, 0.05) is 30.3 Å². The lowest BCUT2D eigenvalue weighted by atomic mass is 9.95. The average Bonchev–Trinajstić information content (AvgIpc) is 2.73. The summed E-state index contributed by atoms with van der Waals surface area (Å²) in [5.74, 6) is 1.83. The van der Waals surface area contributed by atoms with Gasteiger partial charge in [0.05, 0.1) is 26.5 Å². The van der Waals surface area contributed by atoms with Gasteiger partial charge in [-0.1, -0.05) is 12.1 Å². The first kappa shape index (κ1) is 19.2. The molecule has 1 aliphatic rings. The number of hydrogen-bond acceptors (Lipinski definition) is 5. The van der Waals surface area contributed by atoms with Crippen molar-refractivity contribution in [3.63, 3.8) is 0 Å². The maximum Gasteiger partial charge on any atom is 0.223 e. The summed E-state index contributed by atoms with van der Waals surface area (Å²) in [6.45, 7) is 3.10. The third kappa shape index (κ3) is 5.20. The molecule has 1 saturated heterocycles. The van der Waals surface area contributed by atoms with Crippen LogP contribution in [0.25, 0.3) is 0 Å². The Hall–Kier alpha value is -2.60. The predicted molar refractivity (Wildman–Crippen MR) is 104 cm³/mol. The van der Waals surface area contributed by atoms with Crippen LogP contribution >= 0.6 is 0 Å². The van der Waals surface area contributed by atoms with Crippen LogP contribution < -0.4 is 14.8 Å².